The molecule has 3 aliphatic rings. The summed E-state index contributed by atoms with van der Waals surface area (Å²) < 4.78 is 0. The second-order valence-electron chi connectivity index (χ2n) is 9.55. The minimum absolute atomic E-state index is 0.0365. The quantitative estimate of drug-likeness (QED) is 0.745. The van der Waals surface area contributed by atoms with E-state index >= 15 is 0 Å². The number of hydrogen-bond acceptors (Lipinski definition) is 2. The lowest BCUT2D eigenvalue weighted by Gasteiger charge is -2.64. The van der Waals surface area contributed by atoms with E-state index in [1.165, 1.54) is 22.2 Å². The molecule has 2 N–H and O–H groups in total. The molecule has 5 rings (SSSR count). The summed E-state index contributed by atoms with van der Waals surface area (Å²) in [5, 5.41) is 13.3. The van der Waals surface area contributed by atoms with Gasteiger partial charge in [0, 0.05) is 27.4 Å². The molecule has 1 saturated carbocycles. The molecule has 3 aliphatic carbocycles. The molecule has 4 atom stereocenters. The molecule has 0 bridgehead atoms. The van der Waals surface area contributed by atoms with Gasteiger partial charge in [-0.15, -0.1) is 0 Å². The van der Waals surface area contributed by atoms with Crippen LogP contribution < -0.4 is 0 Å². The third-order valence-electron chi connectivity index (χ3n) is 8.61. The average molecular weight is 349 g/mol. The number of hydrogen-bond donors (Lipinski definition) is 2. The molecule has 1 aromatic carbocycles. The van der Waals surface area contributed by atoms with Gasteiger partial charge in [-0.3, -0.25) is 4.79 Å². The van der Waals surface area contributed by atoms with Crippen molar-refractivity contribution in [1.29, 1.82) is 0 Å². The Morgan fingerprint density at radius 1 is 1.15 bits per heavy atom. The van der Waals surface area contributed by atoms with Gasteiger partial charge in [0.05, 0.1) is 11.0 Å². The highest BCUT2D eigenvalue weighted by Gasteiger charge is 2.71. The Morgan fingerprint density at radius 2 is 1.88 bits per heavy atom. The zero-order valence-corrected chi connectivity index (χ0v) is 16.0. The fraction of sp³-hybridized carbons (Fsp3) is 0.522. The van der Waals surface area contributed by atoms with Gasteiger partial charge >= 0.3 is 0 Å². The Bertz CT molecular complexity index is 983. The van der Waals surface area contributed by atoms with Gasteiger partial charge in [0.25, 0.3) is 0 Å². The van der Waals surface area contributed by atoms with Crippen LogP contribution in [0.4, 0.5) is 0 Å². The number of carbonyl (C=O) groups is 1. The largest absolute Gasteiger partial charge is 0.388 e. The molecular weight excluding hydrogens is 322 g/mol. The standard InChI is InChI=1S/C23H27NO2/c1-20(2)18(25)10-11-21(3)22(4)14(9-12-23(20,21)26)13-16-15-7-5-6-8-17(15)24-19(16)22/h5-8,10-11,14,24,26H,9,12-13H2,1-4H3/t14-,21+,22+,23+/m0/s1. The van der Waals surface area contributed by atoms with E-state index in [0.29, 0.717) is 12.3 Å². The monoisotopic (exact) mass is 349 g/mol. The molecule has 136 valence electrons. The maximum absolute atomic E-state index is 12.6. The summed E-state index contributed by atoms with van der Waals surface area (Å²) in [6.45, 7) is 8.31. The molecule has 0 unspecified atom stereocenters. The summed E-state index contributed by atoms with van der Waals surface area (Å²) in [4.78, 5) is 16.3. The highest BCUT2D eigenvalue weighted by Crippen LogP contribution is 2.68. The number of carbonyl (C=O) groups excluding carboxylic acids is 1. The van der Waals surface area contributed by atoms with Crippen molar-refractivity contribution < 1.29 is 9.90 Å². The number of H-pyrrole nitrogens is 1. The smallest absolute Gasteiger partial charge is 0.163 e. The summed E-state index contributed by atoms with van der Waals surface area (Å²) in [5.41, 5.74) is 1.30. The highest BCUT2D eigenvalue weighted by molar-refractivity contribution is 5.97. The van der Waals surface area contributed by atoms with E-state index in [0.717, 1.165) is 12.8 Å². The van der Waals surface area contributed by atoms with E-state index in [4.69, 9.17) is 0 Å². The van der Waals surface area contributed by atoms with Crippen LogP contribution in [-0.2, 0) is 16.6 Å². The van der Waals surface area contributed by atoms with Gasteiger partial charge in [-0.05, 0) is 56.7 Å². The number of para-hydroxylation sites is 1. The molecule has 0 saturated heterocycles. The third kappa shape index (κ3) is 1.46. The minimum atomic E-state index is -1.05. The maximum atomic E-state index is 12.6. The number of aliphatic hydroxyl groups is 1. The molecular formula is C23H27NO2. The topological polar surface area (TPSA) is 53.1 Å². The van der Waals surface area contributed by atoms with Crippen molar-refractivity contribution in [3.8, 4) is 0 Å². The second-order valence-corrected chi connectivity index (χ2v) is 9.55. The summed E-state index contributed by atoms with van der Waals surface area (Å²) >= 11 is 0. The minimum Gasteiger partial charge on any atom is -0.388 e. The second kappa shape index (κ2) is 4.51. The normalized spacial score (nSPS) is 40.3. The molecule has 1 heterocycles. The highest BCUT2D eigenvalue weighted by atomic mass is 16.3. The zero-order chi connectivity index (χ0) is 18.5. The van der Waals surface area contributed by atoms with E-state index in [2.05, 4.69) is 43.1 Å². The van der Waals surface area contributed by atoms with Crippen LogP contribution in [0.25, 0.3) is 10.9 Å². The predicted octanol–water partition coefficient (Wildman–Crippen LogP) is 4.29. The van der Waals surface area contributed by atoms with Crippen molar-refractivity contribution in [1.82, 2.24) is 4.98 Å². The van der Waals surface area contributed by atoms with E-state index in [9.17, 15) is 9.90 Å². The number of fused-ring (bicyclic) bond motifs is 7. The van der Waals surface area contributed by atoms with Crippen LogP contribution in [-0.4, -0.2) is 21.5 Å². The fourth-order valence-electron chi connectivity index (χ4n) is 6.58. The van der Waals surface area contributed by atoms with Crippen LogP contribution in [0.5, 0.6) is 0 Å². The summed E-state index contributed by atoms with van der Waals surface area (Å²) in [6.07, 6.45) is 6.42. The fourth-order valence-corrected chi connectivity index (χ4v) is 6.58. The molecule has 1 aromatic heterocycles. The lowest BCUT2D eigenvalue weighted by atomic mass is 9.41. The zero-order valence-electron chi connectivity index (χ0n) is 16.0. The van der Waals surface area contributed by atoms with Crippen LogP contribution in [0.1, 0.15) is 51.8 Å². The van der Waals surface area contributed by atoms with Gasteiger partial charge in [0.1, 0.15) is 0 Å². The molecule has 2 aromatic rings. The molecule has 0 spiro atoms. The van der Waals surface area contributed by atoms with Crippen molar-refractivity contribution in [3.63, 3.8) is 0 Å². The van der Waals surface area contributed by atoms with E-state index in [1.54, 1.807) is 6.08 Å². The summed E-state index contributed by atoms with van der Waals surface area (Å²) in [7, 11) is 0. The molecule has 3 nitrogen and oxygen atoms in total. The number of ketones is 1. The Hall–Kier alpha value is -1.87. The summed E-state index contributed by atoms with van der Waals surface area (Å²) in [6, 6.07) is 8.49. The van der Waals surface area contributed by atoms with E-state index in [1.807, 2.05) is 19.9 Å². The van der Waals surface area contributed by atoms with Crippen LogP contribution >= 0.6 is 0 Å². The lowest BCUT2D eigenvalue weighted by Crippen LogP contribution is -2.70. The van der Waals surface area contributed by atoms with Crippen molar-refractivity contribution in [2.45, 2.75) is 58.0 Å². The van der Waals surface area contributed by atoms with Crippen LogP contribution in [0.2, 0.25) is 0 Å². The first-order valence-corrected chi connectivity index (χ1v) is 9.73. The Balaban J connectivity index is 1.81. The maximum Gasteiger partial charge on any atom is 0.163 e. The number of rotatable bonds is 0. The van der Waals surface area contributed by atoms with Crippen molar-refractivity contribution in [3.05, 3.63) is 47.7 Å². The van der Waals surface area contributed by atoms with Crippen LogP contribution in [0, 0.1) is 16.7 Å². The predicted molar refractivity (Wildman–Crippen MR) is 103 cm³/mol. The van der Waals surface area contributed by atoms with Crippen molar-refractivity contribution in [2.24, 2.45) is 16.7 Å². The molecule has 0 aliphatic heterocycles. The van der Waals surface area contributed by atoms with Gasteiger partial charge in [0.2, 0.25) is 0 Å². The average Bonchev–Trinajstić information content (AvgIpc) is 3.11. The first-order chi connectivity index (χ1) is 12.2. The number of allylic oxidation sites excluding steroid dienone is 1. The molecule has 1 fully saturated rings. The van der Waals surface area contributed by atoms with Crippen LogP contribution in [0.15, 0.2) is 36.4 Å². The molecule has 26 heavy (non-hydrogen) atoms. The van der Waals surface area contributed by atoms with Crippen molar-refractivity contribution >= 4 is 16.7 Å². The molecule has 3 heteroatoms. The lowest BCUT2D eigenvalue weighted by molar-refractivity contribution is -0.202. The third-order valence-corrected chi connectivity index (χ3v) is 8.61. The van der Waals surface area contributed by atoms with Crippen molar-refractivity contribution in [2.75, 3.05) is 0 Å². The van der Waals surface area contributed by atoms with Gasteiger partial charge in [-0.1, -0.05) is 38.1 Å². The van der Waals surface area contributed by atoms with Gasteiger partial charge in [-0.2, -0.15) is 0 Å². The van der Waals surface area contributed by atoms with Gasteiger partial charge in [0.15, 0.2) is 5.78 Å². The summed E-state index contributed by atoms with van der Waals surface area (Å²) in [5.74, 6) is 0.515. The Kier molecular flexibility index (Phi) is 2.83. The number of benzene rings is 1. The van der Waals surface area contributed by atoms with Crippen LogP contribution in [0.3, 0.4) is 0 Å². The van der Waals surface area contributed by atoms with E-state index < -0.39 is 16.4 Å². The number of aromatic amines is 1. The first kappa shape index (κ1) is 16.3. The number of nitrogens with one attached hydrogen (secondary N) is 1. The SMILES string of the molecule is CC1(C)C(=O)C=C[C@]2(C)[C@@]3(C)c4[nH]c5ccccc5c4C[C@@H]3CC[C@@]12O. The van der Waals surface area contributed by atoms with Gasteiger partial charge < -0.3 is 10.1 Å². The molecule has 0 radical (unpaired) electrons. The first-order valence-electron chi connectivity index (χ1n) is 9.73. The number of aromatic nitrogens is 1. The van der Waals surface area contributed by atoms with E-state index in [-0.39, 0.29) is 11.2 Å². The van der Waals surface area contributed by atoms with Gasteiger partial charge in [-0.25, -0.2) is 0 Å². The molecule has 0 amide bonds. The Labute approximate surface area is 154 Å². The Morgan fingerprint density at radius 3 is 2.65 bits per heavy atom.